The summed E-state index contributed by atoms with van der Waals surface area (Å²) in [5, 5.41) is 0. The summed E-state index contributed by atoms with van der Waals surface area (Å²) in [7, 11) is 0. The molecule has 1 heteroatoms. The maximum Gasteiger partial charge on any atom is -0.00772 e. The van der Waals surface area contributed by atoms with Crippen molar-refractivity contribution in [2.24, 2.45) is 5.73 Å². The molecule has 0 bridgehead atoms. The Hall–Kier alpha value is -0.820. The van der Waals surface area contributed by atoms with Gasteiger partial charge in [0.2, 0.25) is 0 Å². The fraction of sp³-hybridized carbons (Fsp3) is 0.600. The van der Waals surface area contributed by atoms with Crippen molar-refractivity contribution in [2.45, 2.75) is 52.4 Å². The zero-order valence-electron chi connectivity index (χ0n) is 10.8. The van der Waals surface area contributed by atoms with Crippen LogP contribution in [0.25, 0.3) is 0 Å². The van der Waals surface area contributed by atoms with Crippen LogP contribution in [0.15, 0.2) is 18.2 Å². The van der Waals surface area contributed by atoms with E-state index in [1.807, 2.05) is 0 Å². The first kappa shape index (κ1) is 13.2. The second kappa shape index (κ2) is 7.45. The van der Waals surface area contributed by atoms with E-state index in [2.05, 4.69) is 32.0 Å². The largest absolute Gasteiger partial charge is 0.330 e. The molecule has 0 spiro atoms. The Morgan fingerprint density at radius 2 is 1.50 bits per heavy atom. The third kappa shape index (κ3) is 4.36. The SMILES string of the molecule is CCCc1cc(CC)cc(CCCCN)c1. The van der Waals surface area contributed by atoms with Crippen molar-refractivity contribution in [1.29, 1.82) is 0 Å². The summed E-state index contributed by atoms with van der Waals surface area (Å²) < 4.78 is 0. The first-order valence-corrected chi connectivity index (χ1v) is 6.62. The van der Waals surface area contributed by atoms with Gasteiger partial charge in [-0.15, -0.1) is 0 Å². The summed E-state index contributed by atoms with van der Waals surface area (Å²) >= 11 is 0. The van der Waals surface area contributed by atoms with Crippen molar-refractivity contribution < 1.29 is 0 Å². The molecule has 1 nitrogen and oxygen atoms in total. The molecule has 90 valence electrons. The van der Waals surface area contributed by atoms with Crippen LogP contribution in [0.4, 0.5) is 0 Å². The lowest BCUT2D eigenvalue weighted by Crippen LogP contribution is -1.99. The number of nitrogens with two attached hydrogens (primary N) is 1. The average molecular weight is 219 g/mol. The van der Waals surface area contributed by atoms with Gasteiger partial charge in [-0.3, -0.25) is 0 Å². The number of aryl methyl sites for hydroxylation is 3. The minimum atomic E-state index is 0.815. The third-order valence-electron chi connectivity index (χ3n) is 2.98. The van der Waals surface area contributed by atoms with E-state index in [0.717, 1.165) is 19.4 Å². The van der Waals surface area contributed by atoms with E-state index >= 15 is 0 Å². The molecule has 0 fully saturated rings. The van der Waals surface area contributed by atoms with Crippen LogP contribution in [-0.4, -0.2) is 6.54 Å². The van der Waals surface area contributed by atoms with Crippen LogP contribution in [0.3, 0.4) is 0 Å². The van der Waals surface area contributed by atoms with E-state index in [1.54, 1.807) is 0 Å². The minimum Gasteiger partial charge on any atom is -0.330 e. The standard InChI is InChI=1S/C15H25N/c1-3-7-14-10-13(4-2)11-15(12-14)8-5-6-9-16/h10-12H,3-9,16H2,1-2H3. The predicted molar refractivity (Wildman–Crippen MR) is 71.8 cm³/mol. The Labute approximate surface area is 100 Å². The van der Waals surface area contributed by atoms with Crippen molar-refractivity contribution in [3.63, 3.8) is 0 Å². The first-order chi connectivity index (χ1) is 7.80. The molecule has 0 aliphatic rings. The van der Waals surface area contributed by atoms with Gasteiger partial charge >= 0.3 is 0 Å². The summed E-state index contributed by atoms with van der Waals surface area (Å²) in [6.45, 7) is 5.29. The monoisotopic (exact) mass is 219 g/mol. The second-order valence-electron chi connectivity index (χ2n) is 4.51. The van der Waals surface area contributed by atoms with Crippen LogP contribution < -0.4 is 5.73 Å². The van der Waals surface area contributed by atoms with Gasteiger partial charge in [-0.05, 0) is 55.3 Å². The molecular weight excluding hydrogens is 194 g/mol. The Balaban J connectivity index is 2.69. The van der Waals surface area contributed by atoms with Gasteiger partial charge in [0.1, 0.15) is 0 Å². The lowest BCUT2D eigenvalue weighted by atomic mass is 9.98. The zero-order valence-corrected chi connectivity index (χ0v) is 10.8. The number of benzene rings is 1. The van der Waals surface area contributed by atoms with E-state index in [-0.39, 0.29) is 0 Å². The van der Waals surface area contributed by atoms with Gasteiger partial charge in [0.25, 0.3) is 0 Å². The van der Waals surface area contributed by atoms with Gasteiger partial charge in [-0.2, -0.15) is 0 Å². The quantitative estimate of drug-likeness (QED) is 0.698. The smallest absolute Gasteiger partial charge is 0.00772 e. The van der Waals surface area contributed by atoms with Gasteiger partial charge in [0, 0.05) is 0 Å². The molecule has 0 aliphatic carbocycles. The summed E-state index contributed by atoms with van der Waals surface area (Å²) in [5.74, 6) is 0. The van der Waals surface area contributed by atoms with Crippen LogP contribution in [0.5, 0.6) is 0 Å². The molecule has 0 radical (unpaired) electrons. The van der Waals surface area contributed by atoms with Crippen LogP contribution in [0.1, 0.15) is 49.8 Å². The molecule has 0 aliphatic heterocycles. The fourth-order valence-corrected chi connectivity index (χ4v) is 2.09. The molecule has 1 rings (SSSR count). The fourth-order valence-electron chi connectivity index (χ4n) is 2.09. The van der Waals surface area contributed by atoms with Crippen molar-refractivity contribution in [1.82, 2.24) is 0 Å². The molecule has 16 heavy (non-hydrogen) atoms. The van der Waals surface area contributed by atoms with E-state index in [9.17, 15) is 0 Å². The second-order valence-corrected chi connectivity index (χ2v) is 4.51. The number of hydrogen-bond donors (Lipinski definition) is 1. The number of unbranched alkanes of at least 4 members (excludes halogenated alkanes) is 1. The molecule has 1 aromatic rings. The minimum absolute atomic E-state index is 0.815. The Kier molecular flexibility index (Phi) is 6.17. The van der Waals surface area contributed by atoms with Gasteiger partial charge < -0.3 is 5.73 Å². The molecule has 1 aromatic carbocycles. The van der Waals surface area contributed by atoms with Crippen LogP contribution >= 0.6 is 0 Å². The van der Waals surface area contributed by atoms with Crippen molar-refractivity contribution >= 4 is 0 Å². The molecular formula is C15H25N. The molecule has 0 heterocycles. The predicted octanol–water partition coefficient (Wildman–Crippen LogP) is 3.48. The molecule has 0 amide bonds. The lowest BCUT2D eigenvalue weighted by molar-refractivity contribution is 0.743. The van der Waals surface area contributed by atoms with Gasteiger partial charge in [0.05, 0.1) is 0 Å². The molecule has 2 N–H and O–H groups in total. The maximum atomic E-state index is 5.53. The van der Waals surface area contributed by atoms with E-state index in [4.69, 9.17) is 5.73 Å². The number of rotatable bonds is 7. The van der Waals surface area contributed by atoms with Crippen molar-refractivity contribution in [3.05, 3.63) is 34.9 Å². The molecule has 0 unspecified atom stereocenters. The van der Waals surface area contributed by atoms with E-state index < -0.39 is 0 Å². The topological polar surface area (TPSA) is 26.0 Å². The molecule has 0 saturated carbocycles. The summed E-state index contributed by atoms with van der Waals surface area (Å²) in [4.78, 5) is 0. The van der Waals surface area contributed by atoms with Crippen LogP contribution in [-0.2, 0) is 19.3 Å². The summed E-state index contributed by atoms with van der Waals surface area (Å²) in [6.07, 6.45) is 7.12. The Morgan fingerprint density at radius 3 is 2.06 bits per heavy atom. The highest BCUT2D eigenvalue weighted by Gasteiger charge is 2.00. The van der Waals surface area contributed by atoms with Crippen molar-refractivity contribution in [3.8, 4) is 0 Å². The van der Waals surface area contributed by atoms with Gasteiger partial charge in [0.15, 0.2) is 0 Å². The maximum absolute atomic E-state index is 5.53. The normalized spacial score (nSPS) is 10.7. The Bertz CT molecular complexity index is 304. The first-order valence-electron chi connectivity index (χ1n) is 6.62. The molecule has 0 saturated heterocycles. The summed E-state index contributed by atoms with van der Waals surface area (Å²) in [6, 6.07) is 7.09. The molecule has 0 aromatic heterocycles. The Morgan fingerprint density at radius 1 is 0.875 bits per heavy atom. The van der Waals surface area contributed by atoms with Crippen LogP contribution in [0.2, 0.25) is 0 Å². The third-order valence-corrected chi connectivity index (χ3v) is 2.98. The average Bonchev–Trinajstić information content (AvgIpc) is 2.29. The van der Waals surface area contributed by atoms with Crippen LogP contribution in [0, 0.1) is 0 Å². The summed E-state index contributed by atoms with van der Waals surface area (Å²) in [5.41, 5.74) is 10.0. The van der Waals surface area contributed by atoms with Gasteiger partial charge in [-0.1, -0.05) is 38.5 Å². The van der Waals surface area contributed by atoms with E-state index in [1.165, 1.54) is 42.4 Å². The zero-order chi connectivity index (χ0) is 11.8. The molecule has 0 atom stereocenters. The number of hydrogen-bond acceptors (Lipinski definition) is 1. The van der Waals surface area contributed by atoms with Gasteiger partial charge in [-0.25, -0.2) is 0 Å². The lowest BCUT2D eigenvalue weighted by Gasteiger charge is -2.08. The van der Waals surface area contributed by atoms with E-state index in [0.29, 0.717) is 0 Å². The highest BCUT2D eigenvalue weighted by atomic mass is 14.5. The highest BCUT2D eigenvalue weighted by Crippen LogP contribution is 2.15. The highest BCUT2D eigenvalue weighted by molar-refractivity contribution is 5.30. The van der Waals surface area contributed by atoms with Crippen molar-refractivity contribution in [2.75, 3.05) is 6.54 Å².